The highest BCUT2D eigenvalue weighted by Gasteiger charge is 2.17. The third-order valence-corrected chi connectivity index (χ3v) is 4.52. The predicted octanol–water partition coefficient (Wildman–Crippen LogP) is 1.50. The maximum absolute atomic E-state index is 12.9. The maximum atomic E-state index is 12.9. The number of hydrogen-bond acceptors (Lipinski definition) is 5. The molecule has 0 aliphatic heterocycles. The van der Waals surface area contributed by atoms with Gasteiger partial charge in [-0.1, -0.05) is 0 Å². The second-order valence-electron chi connectivity index (χ2n) is 4.96. The summed E-state index contributed by atoms with van der Waals surface area (Å²) in [7, 11) is -3.44. The number of rotatable bonds is 6. The zero-order valence-corrected chi connectivity index (χ0v) is 14.2. The van der Waals surface area contributed by atoms with Crippen LogP contribution in [-0.2, 0) is 21.4 Å². The summed E-state index contributed by atoms with van der Waals surface area (Å²) in [5.74, 6) is -0.752. The lowest BCUT2D eigenvalue weighted by atomic mass is 10.2. The molecule has 0 spiro atoms. The van der Waals surface area contributed by atoms with Crippen LogP contribution in [0.2, 0.25) is 0 Å². The number of nitrogens with zero attached hydrogens (tertiary/aromatic N) is 1. The minimum atomic E-state index is -3.44. The van der Waals surface area contributed by atoms with Gasteiger partial charge in [-0.05, 0) is 31.2 Å². The number of amides is 1. The van der Waals surface area contributed by atoms with E-state index in [4.69, 9.17) is 0 Å². The highest BCUT2D eigenvalue weighted by molar-refractivity contribution is 7.88. The number of benzene rings is 1. The van der Waals surface area contributed by atoms with Gasteiger partial charge < -0.3 is 5.32 Å². The van der Waals surface area contributed by atoms with E-state index in [0.29, 0.717) is 10.7 Å². The summed E-state index contributed by atoms with van der Waals surface area (Å²) in [5.41, 5.74) is 1.48. The Bertz CT molecular complexity index is 788. The molecule has 1 aromatic heterocycles. The van der Waals surface area contributed by atoms with Crippen LogP contribution in [0.25, 0.3) is 11.3 Å². The normalized spacial score (nSPS) is 12.8. The first-order chi connectivity index (χ1) is 10.7. The van der Waals surface area contributed by atoms with Gasteiger partial charge in [-0.15, -0.1) is 11.3 Å². The molecule has 0 fully saturated rings. The van der Waals surface area contributed by atoms with E-state index in [1.165, 1.54) is 30.4 Å². The number of nitrogens with one attached hydrogen (secondary N) is 2. The number of aromatic nitrogens is 1. The Morgan fingerprint density at radius 3 is 2.61 bits per heavy atom. The van der Waals surface area contributed by atoms with E-state index in [1.807, 2.05) is 5.38 Å². The molecule has 1 aromatic carbocycles. The molecule has 0 aliphatic rings. The van der Waals surface area contributed by atoms with Gasteiger partial charge in [0.1, 0.15) is 10.8 Å². The zero-order valence-electron chi connectivity index (χ0n) is 12.5. The van der Waals surface area contributed by atoms with Gasteiger partial charge in [0.15, 0.2) is 0 Å². The molecule has 0 aliphatic carbocycles. The molecule has 0 saturated heterocycles. The van der Waals surface area contributed by atoms with Gasteiger partial charge in [-0.25, -0.2) is 22.5 Å². The molecule has 0 radical (unpaired) electrons. The van der Waals surface area contributed by atoms with Crippen LogP contribution in [-0.4, -0.2) is 31.6 Å². The van der Waals surface area contributed by atoms with E-state index >= 15 is 0 Å². The summed E-state index contributed by atoms with van der Waals surface area (Å²) >= 11 is 1.36. The number of halogens is 1. The standard InChI is InChI=1S/C14H16FN3O3S2/c1-9(18-23(2,20)21)14(19)16-7-13-17-12(8-22-13)10-3-5-11(15)6-4-10/h3-6,8-9,18H,7H2,1-2H3,(H,16,19). The fourth-order valence-electron chi connectivity index (χ4n) is 1.84. The first-order valence-corrected chi connectivity index (χ1v) is 9.47. The Balaban J connectivity index is 1.94. The van der Waals surface area contributed by atoms with E-state index in [2.05, 4.69) is 15.0 Å². The molecule has 1 atom stereocenters. The zero-order chi connectivity index (χ0) is 17.0. The number of thiazole rings is 1. The van der Waals surface area contributed by atoms with Crippen molar-refractivity contribution in [2.75, 3.05) is 6.26 Å². The highest BCUT2D eigenvalue weighted by Crippen LogP contribution is 2.22. The quantitative estimate of drug-likeness (QED) is 0.820. The van der Waals surface area contributed by atoms with Crippen LogP contribution in [0.4, 0.5) is 4.39 Å². The van der Waals surface area contributed by atoms with Crippen LogP contribution in [0, 0.1) is 5.82 Å². The summed E-state index contributed by atoms with van der Waals surface area (Å²) in [5, 5.41) is 5.10. The first-order valence-electron chi connectivity index (χ1n) is 6.70. The van der Waals surface area contributed by atoms with Crippen molar-refractivity contribution in [1.29, 1.82) is 0 Å². The third-order valence-electron chi connectivity index (χ3n) is 2.89. The summed E-state index contributed by atoms with van der Waals surface area (Å²) in [6.07, 6.45) is 0.993. The minimum absolute atomic E-state index is 0.195. The molecular weight excluding hydrogens is 341 g/mol. The van der Waals surface area contributed by atoms with Gasteiger partial charge in [0.2, 0.25) is 15.9 Å². The molecule has 0 saturated carbocycles. The van der Waals surface area contributed by atoms with Gasteiger partial charge in [-0.2, -0.15) is 0 Å². The molecule has 1 unspecified atom stereocenters. The van der Waals surface area contributed by atoms with Crippen molar-refractivity contribution in [2.45, 2.75) is 19.5 Å². The molecule has 124 valence electrons. The molecule has 23 heavy (non-hydrogen) atoms. The number of carbonyl (C=O) groups excluding carboxylic acids is 1. The average Bonchev–Trinajstić information content (AvgIpc) is 2.92. The van der Waals surface area contributed by atoms with E-state index in [9.17, 15) is 17.6 Å². The van der Waals surface area contributed by atoms with Crippen molar-refractivity contribution in [3.63, 3.8) is 0 Å². The lowest BCUT2D eigenvalue weighted by molar-refractivity contribution is -0.122. The van der Waals surface area contributed by atoms with Crippen LogP contribution in [0.1, 0.15) is 11.9 Å². The molecule has 2 N–H and O–H groups in total. The van der Waals surface area contributed by atoms with Gasteiger partial charge in [0, 0.05) is 10.9 Å². The third kappa shape index (κ3) is 5.38. The maximum Gasteiger partial charge on any atom is 0.238 e. The van der Waals surface area contributed by atoms with Crippen molar-refractivity contribution >= 4 is 27.3 Å². The second kappa shape index (κ2) is 7.16. The molecule has 2 aromatic rings. The lowest BCUT2D eigenvalue weighted by Crippen LogP contribution is -2.44. The summed E-state index contributed by atoms with van der Waals surface area (Å²) in [6, 6.07) is 5.11. The summed E-state index contributed by atoms with van der Waals surface area (Å²) < 4.78 is 37.2. The smallest absolute Gasteiger partial charge is 0.238 e. The van der Waals surface area contributed by atoms with Crippen LogP contribution < -0.4 is 10.0 Å². The molecular formula is C14H16FN3O3S2. The van der Waals surface area contributed by atoms with Crippen molar-refractivity contribution < 1.29 is 17.6 Å². The highest BCUT2D eigenvalue weighted by atomic mass is 32.2. The molecule has 6 nitrogen and oxygen atoms in total. The molecule has 9 heteroatoms. The summed E-state index contributed by atoms with van der Waals surface area (Å²) in [4.78, 5) is 16.2. The number of hydrogen-bond donors (Lipinski definition) is 2. The molecule has 0 bridgehead atoms. The van der Waals surface area contributed by atoms with Gasteiger partial charge >= 0.3 is 0 Å². The molecule has 1 amide bonds. The Labute approximate surface area is 137 Å². The van der Waals surface area contributed by atoms with Crippen LogP contribution in [0.5, 0.6) is 0 Å². The topological polar surface area (TPSA) is 88.2 Å². The summed E-state index contributed by atoms with van der Waals surface area (Å²) in [6.45, 7) is 1.66. The SMILES string of the molecule is CC(NS(C)(=O)=O)C(=O)NCc1nc(-c2ccc(F)cc2)cs1. The van der Waals surface area contributed by atoms with Gasteiger partial charge in [0.25, 0.3) is 0 Å². The van der Waals surface area contributed by atoms with E-state index in [0.717, 1.165) is 11.8 Å². The minimum Gasteiger partial charge on any atom is -0.348 e. The van der Waals surface area contributed by atoms with Crippen molar-refractivity contribution in [2.24, 2.45) is 0 Å². The fourth-order valence-corrected chi connectivity index (χ4v) is 3.33. The Hall–Kier alpha value is -1.84. The lowest BCUT2D eigenvalue weighted by Gasteiger charge is -2.11. The van der Waals surface area contributed by atoms with E-state index < -0.39 is 22.0 Å². The average molecular weight is 357 g/mol. The van der Waals surface area contributed by atoms with Crippen molar-refractivity contribution in [3.8, 4) is 11.3 Å². The largest absolute Gasteiger partial charge is 0.348 e. The predicted molar refractivity (Wildman–Crippen MR) is 86.8 cm³/mol. The van der Waals surface area contributed by atoms with E-state index in [-0.39, 0.29) is 12.4 Å². The number of carbonyl (C=O) groups is 1. The number of sulfonamides is 1. The van der Waals surface area contributed by atoms with Crippen LogP contribution in [0.15, 0.2) is 29.6 Å². The molecule has 2 rings (SSSR count). The Morgan fingerprint density at radius 2 is 2.00 bits per heavy atom. The Morgan fingerprint density at radius 1 is 1.35 bits per heavy atom. The second-order valence-corrected chi connectivity index (χ2v) is 7.69. The van der Waals surface area contributed by atoms with Gasteiger partial charge in [0.05, 0.1) is 24.5 Å². The Kier molecular flexibility index (Phi) is 5.45. The van der Waals surface area contributed by atoms with Crippen LogP contribution in [0.3, 0.4) is 0 Å². The first kappa shape index (κ1) is 17.5. The monoisotopic (exact) mass is 357 g/mol. The van der Waals surface area contributed by atoms with Crippen LogP contribution >= 0.6 is 11.3 Å². The molecule has 1 heterocycles. The van der Waals surface area contributed by atoms with Crippen molar-refractivity contribution in [1.82, 2.24) is 15.0 Å². The fraction of sp³-hybridized carbons (Fsp3) is 0.286. The van der Waals surface area contributed by atoms with E-state index in [1.54, 1.807) is 12.1 Å². The van der Waals surface area contributed by atoms with Gasteiger partial charge in [-0.3, -0.25) is 4.79 Å². The van der Waals surface area contributed by atoms with Crippen molar-refractivity contribution in [3.05, 3.63) is 40.5 Å².